The maximum Gasteiger partial charge on any atom is 0.193 e. The number of hydrogen-bond donors (Lipinski definition) is 0. The fourth-order valence-electron chi connectivity index (χ4n) is 11.9. The van der Waals surface area contributed by atoms with E-state index in [1.165, 1.54) is 11.8 Å². The van der Waals surface area contributed by atoms with Crippen molar-refractivity contribution >= 4 is 136 Å². The number of thiophene rings is 6. The Labute approximate surface area is 534 Å². The molecule has 0 amide bonds. The molecule has 1 aliphatic carbocycles. The minimum absolute atomic E-state index is 0.104. The number of hydrogen-bond acceptors (Lipinski definition) is 27. The molecule has 4 atom stereocenters. The summed E-state index contributed by atoms with van der Waals surface area (Å²) >= 11 is 16.3. The molecule has 17 nitrogen and oxygen atoms in total. The summed E-state index contributed by atoms with van der Waals surface area (Å²) < 4.78 is 105. The fourth-order valence-corrected chi connectivity index (χ4v) is 24.2. The third kappa shape index (κ3) is 9.42. The van der Waals surface area contributed by atoms with Crippen LogP contribution in [0.2, 0.25) is 0 Å². The van der Waals surface area contributed by atoms with Crippen LogP contribution in [-0.4, -0.2) is 141 Å². The lowest BCUT2D eigenvalue weighted by Crippen LogP contribution is -2.28. The van der Waals surface area contributed by atoms with Crippen LogP contribution in [0.1, 0.15) is 54.1 Å². The fraction of sp³-hybridized carbons (Fsp3) is 0.441. The quantitative estimate of drug-likeness (QED) is 0.0945. The minimum atomic E-state index is -0.432. The van der Waals surface area contributed by atoms with E-state index >= 15 is 0 Å². The molecule has 86 heavy (non-hydrogen) atoms. The van der Waals surface area contributed by atoms with Crippen LogP contribution in [0.15, 0.2) is 34.6 Å². The van der Waals surface area contributed by atoms with E-state index in [1.54, 1.807) is 91.5 Å². The molecule has 0 saturated carbocycles. The van der Waals surface area contributed by atoms with Gasteiger partial charge in [0.25, 0.3) is 0 Å². The number of allylic oxidation sites excluding steroid dienone is 4. The number of carbonyl (C=O) groups excluding carboxylic acids is 1. The summed E-state index contributed by atoms with van der Waals surface area (Å²) in [7, 11) is 0. The molecular formula is C59H52O17S10. The lowest BCUT2D eigenvalue weighted by atomic mass is 10.1. The van der Waals surface area contributed by atoms with E-state index in [-0.39, 0.29) is 21.7 Å². The SMILES string of the molecule is CSCCCSC(=O)CC1=CCC(c2sc(-c3sc(-c4sc(-c5sc(C6=C7OCCOC7C(c7sc(C8=C9OCCOC9C(c9scc%10c9OCCO%10)S8)c8c7OCCO8)S6)c6c5OCCO6)c5c4OCCO5)c4c3OCCO4)c3c2OCCO3)=C1. The zero-order chi connectivity index (χ0) is 57.0. The first-order chi connectivity index (χ1) is 42.5. The van der Waals surface area contributed by atoms with Gasteiger partial charge in [-0.15, -0.1) is 91.5 Å². The van der Waals surface area contributed by atoms with Crippen LogP contribution < -0.4 is 56.8 Å². The van der Waals surface area contributed by atoms with Crippen molar-refractivity contribution in [3.63, 3.8) is 0 Å². The Bertz CT molecular complexity index is 3850. The smallest absolute Gasteiger partial charge is 0.193 e. The van der Waals surface area contributed by atoms with Gasteiger partial charge in [-0.3, -0.25) is 4.79 Å². The Hall–Kier alpha value is -4.65. The summed E-state index contributed by atoms with van der Waals surface area (Å²) in [6.45, 7) is 6.73. The molecule has 16 heterocycles. The van der Waals surface area contributed by atoms with Crippen LogP contribution in [0.5, 0.6) is 69.0 Å². The Morgan fingerprint density at radius 2 is 0.872 bits per heavy atom. The van der Waals surface area contributed by atoms with Crippen LogP contribution in [0.25, 0.3) is 44.6 Å². The van der Waals surface area contributed by atoms with Crippen LogP contribution >= 0.6 is 115 Å². The van der Waals surface area contributed by atoms with Gasteiger partial charge in [-0.05, 0) is 36.0 Å². The summed E-state index contributed by atoms with van der Waals surface area (Å²) in [6, 6.07) is 0. The van der Waals surface area contributed by atoms with Crippen LogP contribution in [0.4, 0.5) is 0 Å². The first-order valence-corrected chi connectivity index (χ1v) is 37.5. The molecule has 10 aliphatic heterocycles. The van der Waals surface area contributed by atoms with Gasteiger partial charge in [-0.25, -0.2) is 0 Å². The highest BCUT2D eigenvalue weighted by Crippen LogP contribution is 2.70. The van der Waals surface area contributed by atoms with Crippen molar-refractivity contribution in [3.8, 4) is 98.3 Å². The van der Waals surface area contributed by atoms with Crippen LogP contribution in [0, 0.1) is 0 Å². The van der Waals surface area contributed by atoms with Gasteiger partial charge in [0.05, 0.1) is 87.2 Å². The highest BCUT2D eigenvalue weighted by atomic mass is 32.2. The molecule has 6 aromatic rings. The van der Waals surface area contributed by atoms with Crippen molar-refractivity contribution < 1.29 is 80.6 Å². The third-order valence-electron chi connectivity index (χ3n) is 15.5. The zero-order valence-corrected chi connectivity index (χ0v) is 54.1. The summed E-state index contributed by atoms with van der Waals surface area (Å²) in [5, 5.41) is 1.86. The van der Waals surface area contributed by atoms with Gasteiger partial charge < -0.3 is 75.8 Å². The maximum atomic E-state index is 13.0. The van der Waals surface area contributed by atoms with Gasteiger partial charge in [0.2, 0.25) is 0 Å². The number of rotatable bonds is 14. The second kappa shape index (κ2) is 23.3. The molecule has 6 aromatic heterocycles. The Morgan fingerprint density at radius 1 is 0.453 bits per heavy atom. The highest BCUT2D eigenvalue weighted by Gasteiger charge is 2.51. The molecule has 0 radical (unpaired) electrons. The van der Waals surface area contributed by atoms with Crippen molar-refractivity contribution in [3.05, 3.63) is 59.0 Å². The molecule has 27 heteroatoms. The number of fused-ring (bicyclic) bond motifs is 8. The van der Waals surface area contributed by atoms with Gasteiger partial charge in [-0.2, -0.15) is 11.8 Å². The van der Waals surface area contributed by atoms with Gasteiger partial charge in [0.1, 0.15) is 116 Å². The predicted molar refractivity (Wildman–Crippen MR) is 340 cm³/mol. The molecule has 4 unspecified atom stereocenters. The zero-order valence-electron chi connectivity index (χ0n) is 45.9. The van der Waals surface area contributed by atoms with E-state index in [0.29, 0.717) is 170 Å². The Morgan fingerprint density at radius 3 is 1.41 bits per heavy atom. The molecule has 17 rings (SSSR count). The Balaban J connectivity index is 0.716. The number of ether oxygens (including phenoxy) is 16. The predicted octanol–water partition coefficient (Wildman–Crippen LogP) is 13.9. The monoisotopic (exact) mass is 1350 g/mol. The second-order valence-electron chi connectivity index (χ2n) is 20.7. The summed E-state index contributed by atoms with van der Waals surface area (Å²) in [6.07, 6.45) is 7.79. The average molecular weight is 1350 g/mol. The molecule has 0 spiro atoms. The molecule has 450 valence electrons. The van der Waals surface area contributed by atoms with Crippen molar-refractivity contribution in [1.29, 1.82) is 0 Å². The van der Waals surface area contributed by atoms with Crippen molar-refractivity contribution in [2.45, 2.75) is 42.0 Å². The first kappa shape index (κ1) is 55.4. The average Bonchev–Trinajstić information content (AvgIpc) is 1.77. The lowest BCUT2D eigenvalue weighted by molar-refractivity contribution is -0.110. The molecule has 0 N–H and O–H groups in total. The topological polar surface area (TPSA) is 165 Å². The first-order valence-electron chi connectivity index (χ1n) is 28.4. The standard InChI is InChI=1S/C59H52O17S10/c1-77-21-2-22-78-29(60)24-26-3-4-27(23-26)45-31-32(64-8-7-63-31)48(80-45)49-35-36(68-12-11-67-35)52(82-49)53-39-40(72-16-15-71-39)56(84-53)57-43-44(76-20-19-75-43)59(86-57)58-42-41(73-17-18-74-42)55(85-58)54-38-37(69-13-14-70-38)51(83-54)50-34-33(65-9-10-66-34)47(81-50)46-30-28(25-79-46)61-5-6-62-30/h3,23,25,33,41,47,55H,2,4-22,24H2,1H3. The van der Waals surface area contributed by atoms with E-state index in [1.807, 2.05) is 17.1 Å². The largest absolute Gasteiger partial charge is 0.491 e. The van der Waals surface area contributed by atoms with Gasteiger partial charge in [0.15, 0.2) is 74.1 Å². The lowest BCUT2D eigenvalue weighted by Gasteiger charge is -2.27. The van der Waals surface area contributed by atoms with Crippen LogP contribution in [-0.2, 0) is 23.7 Å². The van der Waals surface area contributed by atoms with Gasteiger partial charge >= 0.3 is 0 Å². The van der Waals surface area contributed by atoms with Crippen molar-refractivity contribution in [2.75, 3.05) is 123 Å². The maximum absolute atomic E-state index is 13.0. The number of thioether (sulfide) groups is 4. The van der Waals surface area contributed by atoms with Gasteiger partial charge in [0, 0.05) is 17.6 Å². The van der Waals surface area contributed by atoms with Crippen molar-refractivity contribution in [2.24, 2.45) is 0 Å². The van der Waals surface area contributed by atoms with Crippen LogP contribution in [0.3, 0.4) is 0 Å². The number of carbonyl (C=O) groups is 1. The van der Waals surface area contributed by atoms with E-state index in [4.69, 9.17) is 75.8 Å². The molecular weight excluding hydrogens is 1300 g/mol. The molecule has 2 fully saturated rings. The Kier molecular flexibility index (Phi) is 15.0. The van der Waals surface area contributed by atoms with E-state index in [2.05, 4.69) is 18.4 Å². The van der Waals surface area contributed by atoms with E-state index in [0.717, 1.165) is 121 Å². The van der Waals surface area contributed by atoms with E-state index < -0.39 is 6.10 Å². The summed E-state index contributed by atoms with van der Waals surface area (Å²) in [5.41, 5.74) is 2.13. The molecule has 0 aromatic carbocycles. The second-order valence-corrected chi connectivity index (χ2v) is 31.2. The van der Waals surface area contributed by atoms with Crippen molar-refractivity contribution in [1.82, 2.24) is 0 Å². The molecule has 2 saturated heterocycles. The minimum Gasteiger partial charge on any atom is -0.491 e. The molecule has 11 aliphatic rings. The highest BCUT2D eigenvalue weighted by molar-refractivity contribution is 8.13. The van der Waals surface area contributed by atoms with Gasteiger partial charge in [-0.1, -0.05) is 23.9 Å². The third-order valence-corrected chi connectivity index (χ3v) is 28.0. The summed E-state index contributed by atoms with van der Waals surface area (Å²) in [4.78, 5) is 25.0. The van der Waals surface area contributed by atoms with E-state index in [9.17, 15) is 4.79 Å². The molecule has 0 bridgehead atoms. The summed E-state index contributed by atoms with van der Waals surface area (Å²) in [5.74, 6) is 11.7. The normalized spacial score (nSPS) is 22.9.